The van der Waals surface area contributed by atoms with Gasteiger partial charge in [0.25, 0.3) is 0 Å². The molecule has 51 heavy (non-hydrogen) atoms. The first-order valence-corrected chi connectivity index (χ1v) is 18.5. The number of aromatic nitrogens is 1. The lowest BCUT2D eigenvalue weighted by Crippen LogP contribution is -2.10. The van der Waals surface area contributed by atoms with Gasteiger partial charge in [-0.2, -0.15) is 0 Å². The van der Waals surface area contributed by atoms with Crippen LogP contribution in [0.25, 0.3) is 64.4 Å². The molecule has 0 saturated carbocycles. The monoisotopic (exact) mass is 670 g/mol. The van der Waals surface area contributed by atoms with Crippen LogP contribution in [0.1, 0.15) is 18.4 Å². The van der Waals surface area contributed by atoms with Gasteiger partial charge in [0.2, 0.25) is 0 Å². The molecule has 0 spiro atoms. The summed E-state index contributed by atoms with van der Waals surface area (Å²) < 4.78 is 5.08. The quantitative estimate of drug-likeness (QED) is 0.171. The normalized spacial score (nSPS) is 13.2. The van der Waals surface area contributed by atoms with Crippen LogP contribution in [0, 0.1) is 0 Å². The Morgan fingerprint density at radius 3 is 1.78 bits per heavy atom. The van der Waals surface area contributed by atoms with Gasteiger partial charge in [-0.25, -0.2) is 0 Å². The Bertz CT molecular complexity index is 2740. The number of hydrogen-bond donors (Lipinski definition) is 0. The summed E-state index contributed by atoms with van der Waals surface area (Å²) in [4.78, 5) is 2.40. The maximum atomic E-state index is 2.45. The van der Waals surface area contributed by atoms with Gasteiger partial charge in [0, 0.05) is 53.7 Å². The van der Waals surface area contributed by atoms with E-state index in [4.69, 9.17) is 0 Å². The molecule has 0 unspecified atom stereocenters. The van der Waals surface area contributed by atoms with Gasteiger partial charge in [-0.3, -0.25) is 0 Å². The van der Waals surface area contributed by atoms with E-state index in [1.165, 1.54) is 69.9 Å². The second-order valence-corrected chi connectivity index (χ2v) is 14.4. The van der Waals surface area contributed by atoms with E-state index in [-0.39, 0.29) is 0 Å². The Morgan fingerprint density at radius 2 is 1.04 bits per heavy atom. The third-order valence-corrected chi connectivity index (χ3v) is 11.5. The first kappa shape index (κ1) is 29.7. The van der Waals surface area contributed by atoms with Crippen LogP contribution in [0.3, 0.4) is 0 Å². The lowest BCUT2D eigenvalue weighted by Gasteiger charge is -2.26. The molecule has 0 fully saturated rings. The molecule has 0 saturated heterocycles. The molecule has 2 aromatic heterocycles. The highest BCUT2D eigenvalue weighted by atomic mass is 32.1. The molecule has 2 heterocycles. The predicted octanol–water partition coefficient (Wildman–Crippen LogP) is 14.0. The fraction of sp³-hybridized carbons (Fsp3) is 0.0417. The highest BCUT2D eigenvalue weighted by Crippen LogP contribution is 2.42. The number of anilines is 3. The van der Waals surface area contributed by atoms with Gasteiger partial charge in [0.1, 0.15) is 0 Å². The van der Waals surface area contributed by atoms with Crippen LogP contribution in [0.15, 0.2) is 182 Å². The molecule has 0 atom stereocenters. The number of rotatable bonds is 6. The molecule has 7 aromatic carbocycles. The lowest BCUT2D eigenvalue weighted by atomic mass is 9.95. The maximum absolute atomic E-state index is 2.45. The average Bonchev–Trinajstić information content (AvgIpc) is 3.74. The number of fused-ring (bicyclic) bond motifs is 6. The molecule has 1 aliphatic rings. The Morgan fingerprint density at radius 1 is 0.412 bits per heavy atom. The van der Waals surface area contributed by atoms with E-state index in [0.29, 0.717) is 0 Å². The van der Waals surface area contributed by atoms with Gasteiger partial charge in [-0.1, -0.05) is 121 Å². The third-order valence-electron chi connectivity index (χ3n) is 10.3. The minimum absolute atomic E-state index is 0.990. The van der Waals surface area contributed by atoms with Gasteiger partial charge in [-0.15, -0.1) is 11.3 Å². The number of allylic oxidation sites excluding steroid dienone is 4. The number of para-hydroxylation sites is 2. The molecule has 0 radical (unpaired) electrons. The van der Waals surface area contributed by atoms with Crippen molar-refractivity contribution in [3.63, 3.8) is 0 Å². The van der Waals surface area contributed by atoms with Crippen molar-refractivity contribution in [2.75, 3.05) is 4.90 Å². The topological polar surface area (TPSA) is 8.17 Å². The summed E-state index contributed by atoms with van der Waals surface area (Å²) in [6, 6.07) is 61.9. The number of nitrogens with zero attached hydrogens (tertiary/aromatic N) is 2. The molecule has 0 bridgehead atoms. The minimum Gasteiger partial charge on any atom is -0.313 e. The second-order valence-electron chi connectivity index (χ2n) is 13.3. The van der Waals surface area contributed by atoms with E-state index in [1.54, 1.807) is 0 Å². The predicted molar refractivity (Wildman–Crippen MR) is 220 cm³/mol. The zero-order valence-electron chi connectivity index (χ0n) is 28.0. The molecule has 0 amide bonds. The molecular weight excluding hydrogens is 637 g/mol. The van der Waals surface area contributed by atoms with Crippen LogP contribution < -0.4 is 4.90 Å². The highest BCUT2D eigenvalue weighted by molar-refractivity contribution is 7.25. The smallest absolute Gasteiger partial charge is 0.0537 e. The Balaban J connectivity index is 1.03. The van der Waals surface area contributed by atoms with Crippen LogP contribution in [0.2, 0.25) is 0 Å². The summed E-state index contributed by atoms with van der Waals surface area (Å²) in [5.41, 5.74) is 12.4. The van der Waals surface area contributed by atoms with Crippen molar-refractivity contribution in [1.82, 2.24) is 4.57 Å². The first-order valence-electron chi connectivity index (χ1n) is 17.6. The summed E-state index contributed by atoms with van der Waals surface area (Å²) in [6.45, 7) is 0. The summed E-state index contributed by atoms with van der Waals surface area (Å²) in [6.07, 6.45) is 6.64. The number of hydrogen-bond acceptors (Lipinski definition) is 2. The van der Waals surface area contributed by atoms with Gasteiger partial charge < -0.3 is 9.47 Å². The molecule has 10 rings (SSSR count). The van der Waals surface area contributed by atoms with Crippen LogP contribution in [-0.2, 0) is 0 Å². The minimum atomic E-state index is 0.990. The third kappa shape index (κ3) is 5.17. The first-order chi connectivity index (χ1) is 25.3. The molecule has 9 aromatic rings. The van der Waals surface area contributed by atoms with Crippen LogP contribution >= 0.6 is 11.3 Å². The van der Waals surface area contributed by atoms with Gasteiger partial charge in [-0.05, 0) is 95.8 Å². The maximum Gasteiger partial charge on any atom is 0.0537 e. The second kappa shape index (κ2) is 12.3. The van der Waals surface area contributed by atoms with Crippen molar-refractivity contribution in [3.8, 4) is 11.1 Å². The van der Waals surface area contributed by atoms with Gasteiger partial charge in [0.05, 0.1) is 11.0 Å². The molecule has 2 nitrogen and oxygen atoms in total. The molecule has 3 heteroatoms. The average molecular weight is 671 g/mol. The van der Waals surface area contributed by atoms with Crippen molar-refractivity contribution in [2.24, 2.45) is 0 Å². The fourth-order valence-corrected chi connectivity index (χ4v) is 9.00. The lowest BCUT2D eigenvalue weighted by molar-refractivity contribution is 0.992. The summed E-state index contributed by atoms with van der Waals surface area (Å²) in [5, 5.41) is 5.25. The Labute approximate surface area is 301 Å². The number of benzene rings is 7. The van der Waals surface area contributed by atoms with Crippen LogP contribution in [0.5, 0.6) is 0 Å². The van der Waals surface area contributed by atoms with E-state index in [9.17, 15) is 0 Å². The molecule has 1 aliphatic carbocycles. The SMILES string of the molecule is C1=C(c2ccc(N(c3cccc(-c4ccccc4)c3)c3ccc4c(c3)sc3ccccc34)cc2)CCC(n2c3ccccc3c3ccccc32)=C1. The molecular formula is C48H34N2S. The van der Waals surface area contributed by atoms with E-state index in [2.05, 4.69) is 191 Å². The fourth-order valence-electron chi connectivity index (χ4n) is 7.87. The largest absolute Gasteiger partial charge is 0.313 e. The van der Waals surface area contributed by atoms with Crippen LogP contribution in [-0.4, -0.2) is 4.57 Å². The van der Waals surface area contributed by atoms with Crippen molar-refractivity contribution >= 4 is 81.6 Å². The molecule has 0 N–H and O–H groups in total. The zero-order chi connectivity index (χ0) is 33.7. The molecule has 0 aliphatic heterocycles. The van der Waals surface area contributed by atoms with Crippen molar-refractivity contribution < 1.29 is 0 Å². The van der Waals surface area contributed by atoms with Gasteiger partial charge >= 0.3 is 0 Å². The standard InChI is InChI=1S/C48H34N2S/c1-2-11-33(12-3-1)36-13-10-14-39(31-36)49(40-29-30-44-43-17-6-9-20-47(43)51-48(44)32-40)37-25-21-34(22-26-37)35-23-27-38(28-24-35)50-45-18-7-4-15-41(45)42-16-5-8-19-46(42)50/h1-23,25-27,29-32H,24,28H2. The van der Waals surface area contributed by atoms with E-state index >= 15 is 0 Å². The van der Waals surface area contributed by atoms with Crippen molar-refractivity contribution in [3.05, 3.63) is 188 Å². The van der Waals surface area contributed by atoms with Crippen LogP contribution in [0.4, 0.5) is 17.1 Å². The summed E-state index contributed by atoms with van der Waals surface area (Å²) >= 11 is 1.86. The van der Waals surface area contributed by atoms with E-state index in [1.807, 2.05) is 11.3 Å². The Kier molecular flexibility index (Phi) is 7.18. The number of thiophene rings is 1. The van der Waals surface area contributed by atoms with Crippen molar-refractivity contribution in [2.45, 2.75) is 12.8 Å². The zero-order valence-corrected chi connectivity index (χ0v) is 28.9. The van der Waals surface area contributed by atoms with Crippen molar-refractivity contribution in [1.29, 1.82) is 0 Å². The summed E-state index contributed by atoms with van der Waals surface area (Å²) in [7, 11) is 0. The van der Waals surface area contributed by atoms with E-state index in [0.717, 1.165) is 29.9 Å². The Hall–Kier alpha value is -6.16. The van der Waals surface area contributed by atoms with Gasteiger partial charge in [0.15, 0.2) is 0 Å². The molecule has 242 valence electrons. The van der Waals surface area contributed by atoms with E-state index < -0.39 is 0 Å². The highest BCUT2D eigenvalue weighted by Gasteiger charge is 2.18. The summed E-state index contributed by atoms with van der Waals surface area (Å²) in [5.74, 6) is 0.